The van der Waals surface area contributed by atoms with Gasteiger partial charge in [-0.3, -0.25) is 9.78 Å². The minimum absolute atomic E-state index is 0.0230. The number of rotatable bonds is 6. The second-order valence-corrected chi connectivity index (χ2v) is 8.98. The number of likely N-dealkylation sites (tertiary alicyclic amines) is 1. The number of benzene rings is 2. The zero-order valence-corrected chi connectivity index (χ0v) is 19.3. The highest BCUT2D eigenvalue weighted by Gasteiger charge is 2.25. The predicted octanol–water partition coefficient (Wildman–Crippen LogP) is 5.07. The Kier molecular flexibility index (Phi) is 7.17. The minimum atomic E-state index is -0.285. The molecule has 0 atom stereocenters. The maximum absolute atomic E-state index is 14.0. The molecular weight excluding hydrogens is 471 g/mol. The summed E-state index contributed by atoms with van der Waals surface area (Å²) >= 11 is 3.26. The van der Waals surface area contributed by atoms with Gasteiger partial charge in [-0.05, 0) is 48.1 Å². The van der Waals surface area contributed by atoms with Crippen molar-refractivity contribution in [2.24, 2.45) is 5.73 Å². The fraction of sp³-hybridized carbons (Fsp3) is 0.280. The summed E-state index contributed by atoms with van der Waals surface area (Å²) in [5.41, 5.74) is 9.98. The molecule has 1 aromatic heterocycles. The number of piperidine rings is 1. The highest BCUT2D eigenvalue weighted by atomic mass is 79.9. The molecule has 0 unspecified atom stereocenters. The van der Waals surface area contributed by atoms with E-state index in [-0.39, 0.29) is 11.7 Å². The van der Waals surface area contributed by atoms with E-state index >= 15 is 0 Å². The van der Waals surface area contributed by atoms with Gasteiger partial charge in [-0.2, -0.15) is 0 Å². The van der Waals surface area contributed by atoms with Crippen molar-refractivity contribution in [3.05, 3.63) is 93.5 Å². The average molecular weight is 497 g/mol. The number of halogens is 2. The van der Waals surface area contributed by atoms with Gasteiger partial charge in [-0.15, -0.1) is 0 Å². The van der Waals surface area contributed by atoms with E-state index in [1.54, 1.807) is 30.6 Å². The van der Waals surface area contributed by atoms with Gasteiger partial charge in [0.2, 0.25) is 0 Å². The molecule has 1 fully saturated rings. The number of anilines is 1. The zero-order valence-electron chi connectivity index (χ0n) is 17.7. The lowest BCUT2D eigenvalue weighted by molar-refractivity contribution is 0.0712. The Morgan fingerprint density at radius 2 is 1.97 bits per heavy atom. The van der Waals surface area contributed by atoms with Crippen LogP contribution in [-0.4, -0.2) is 28.9 Å². The highest BCUT2D eigenvalue weighted by Crippen LogP contribution is 2.29. The van der Waals surface area contributed by atoms with Gasteiger partial charge < -0.3 is 16.0 Å². The number of carbonyl (C=O) groups is 1. The summed E-state index contributed by atoms with van der Waals surface area (Å²) in [6.07, 6.45) is 5.08. The molecule has 0 bridgehead atoms. The van der Waals surface area contributed by atoms with Gasteiger partial charge in [-0.1, -0.05) is 46.3 Å². The second kappa shape index (κ2) is 10.2. The molecule has 0 spiro atoms. The van der Waals surface area contributed by atoms with Crippen LogP contribution in [0.3, 0.4) is 0 Å². The van der Waals surface area contributed by atoms with Crippen molar-refractivity contribution in [2.45, 2.75) is 31.8 Å². The lowest BCUT2D eigenvalue weighted by atomic mass is 9.88. The first-order chi connectivity index (χ1) is 15.5. The van der Waals surface area contributed by atoms with E-state index in [4.69, 9.17) is 5.73 Å². The number of aromatic nitrogens is 1. The van der Waals surface area contributed by atoms with Gasteiger partial charge >= 0.3 is 0 Å². The Morgan fingerprint density at radius 1 is 1.16 bits per heavy atom. The molecule has 1 amide bonds. The number of nitrogens with zero attached hydrogens (tertiary/aromatic N) is 2. The van der Waals surface area contributed by atoms with Gasteiger partial charge in [-0.25, -0.2) is 4.39 Å². The minimum Gasteiger partial charge on any atom is -0.380 e. The van der Waals surface area contributed by atoms with E-state index in [0.29, 0.717) is 53.4 Å². The molecule has 2 heterocycles. The van der Waals surface area contributed by atoms with Crippen molar-refractivity contribution < 1.29 is 9.18 Å². The molecule has 166 valence electrons. The fourth-order valence-electron chi connectivity index (χ4n) is 4.09. The summed E-state index contributed by atoms with van der Waals surface area (Å²) in [5.74, 6) is 0.134. The molecule has 1 aliphatic heterocycles. The molecule has 4 rings (SSSR count). The Morgan fingerprint density at radius 3 is 2.72 bits per heavy atom. The maximum Gasteiger partial charge on any atom is 0.255 e. The van der Waals surface area contributed by atoms with E-state index in [1.165, 1.54) is 11.6 Å². The van der Waals surface area contributed by atoms with Gasteiger partial charge in [0.15, 0.2) is 0 Å². The van der Waals surface area contributed by atoms with Gasteiger partial charge in [0.25, 0.3) is 5.91 Å². The van der Waals surface area contributed by atoms with Crippen molar-refractivity contribution in [1.29, 1.82) is 0 Å². The van der Waals surface area contributed by atoms with Crippen LogP contribution in [0.15, 0.2) is 65.4 Å². The molecule has 1 aliphatic rings. The largest absolute Gasteiger partial charge is 0.380 e. The van der Waals surface area contributed by atoms with E-state index in [2.05, 4.69) is 44.4 Å². The third-order valence-corrected chi connectivity index (χ3v) is 6.42. The first kappa shape index (κ1) is 22.4. The van der Waals surface area contributed by atoms with Crippen molar-refractivity contribution in [1.82, 2.24) is 9.88 Å². The number of pyridine rings is 1. The molecule has 1 saturated heterocycles. The zero-order chi connectivity index (χ0) is 22.5. The van der Waals surface area contributed by atoms with E-state index < -0.39 is 0 Å². The van der Waals surface area contributed by atoms with Crippen molar-refractivity contribution >= 4 is 27.5 Å². The number of hydrogen-bond acceptors (Lipinski definition) is 4. The Labute approximate surface area is 196 Å². The lowest BCUT2D eigenvalue weighted by Crippen LogP contribution is -2.38. The van der Waals surface area contributed by atoms with Crippen LogP contribution in [0, 0.1) is 5.82 Å². The van der Waals surface area contributed by atoms with Crippen LogP contribution in [0.4, 0.5) is 10.1 Å². The first-order valence-corrected chi connectivity index (χ1v) is 11.5. The number of nitrogens with one attached hydrogen (secondary N) is 1. The van der Waals surface area contributed by atoms with Crippen LogP contribution < -0.4 is 11.1 Å². The molecule has 5 nitrogen and oxygen atoms in total. The van der Waals surface area contributed by atoms with Crippen LogP contribution in [0.5, 0.6) is 0 Å². The molecule has 2 aromatic carbocycles. The highest BCUT2D eigenvalue weighted by molar-refractivity contribution is 9.10. The van der Waals surface area contributed by atoms with Crippen LogP contribution in [0.1, 0.15) is 45.8 Å². The number of carbonyl (C=O) groups excluding carboxylic acids is 1. The molecule has 32 heavy (non-hydrogen) atoms. The molecule has 3 N–H and O–H groups in total. The SMILES string of the molecule is NCc1cccc(C2CCN(C(=O)c3cncc(NCc4ccc(Br)cc4F)c3)CC2)c1. The Bertz CT molecular complexity index is 1100. The Hall–Kier alpha value is -2.77. The smallest absolute Gasteiger partial charge is 0.255 e. The summed E-state index contributed by atoms with van der Waals surface area (Å²) in [5, 5.41) is 3.16. The number of hydrogen-bond donors (Lipinski definition) is 2. The third kappa shape index (κ3) is 5.34. The van der Waals surface area contributed by atoms with Crippen LogP contribution in [0.25, 0.3) is 0 Å². The lowest BCUT2D eigenvalue weighted by Gasteiger charge is -2.32. The topological polar surface area (TPSA) is 71.2 Å². The second-order valence-electron chi connectivity index (χ2n) is 8.07. The van der Waals surface area contributed by atoms with Crippen LogP contribution in [0.2, 0.25) is 0 Å². The summed E-state index contributed by atoms with van der Waals surface area (Å²) in [6, 6.07) is 15.2. The van der Waals surface area contributed by atoms with E-state index in [9.17, 15) is 9.18 Å². The number of nitrogens with two attached hydrogens (primary N) is 1. The van der Waals surface area contributed by atoms with Crippen LogP contribution in [-0.2, 0) is 13.1 Å². The summed E-state index contributed by atoms with van der Waals surface area (Å²) in [4.78, 5) is 19.1. The molecule has 0 aliphatic carbocycles. The van der Waals surface area contributed by atoms with Crippen LogP contribution >= 0.6 is 15.9 Å². The summed E-state index contributed by atoms with van der Waals surface area (Å²) < 4.78 is 14.7. The fourth-order valence-corrected chi connectivity index (χ4v) is 4.42. The molecular formula is C25H26BrFN4O. The van der Waals surface area contributed by atoms with E-state index in [1.807, 2.05) is 11.0 Å². The summed E-state index contributed by atoms with van der Waals surface area (Å²) in [6.45, 7) is 2.26. The predicted molar refractivity (Wildman–Crippen MR) is 128 cm³/mol. The summed E-state index contributed by atoms with van der Waals surface area (Å²) in [7, 11) is 0. The van der Waals surface area contributed by atoms with Gasteiger partial charge in [0.05, 0.1) is 11.3 Å². The van der Waals surface area contributed by atoms with Crippen molar-refractivity contribution in [3.63, 3.8) is 0 Å². The normalized spacial score (nSPS) is 14.4. The molecule has 0 radical (unpaired) electrons. The van der Waals surface area contributed by atoms with Crippen molar-refractivity contribution in [3.8, 4) is 0 Å². The molecule has 7 heteroatoms. The maximum atomic E-state index is 14.0. The van der Waals surface area contributed by atoms with E-state index in [0.717, 1.165) is 18.4 Å². The quantitative estimate of drug-likeness (QED) is 0.499. The standard InChI is InChI=1S/C25H26BrFN4O/c26-22-5-4-20(24(27)12-22)15-30-23-11-21(14-29-16-23)25(32)31-8-6-18(7-9-31)19-3-1-2-17(10-19)13-28/h1-5,10-12,14,16,18,30H,6-9,13,15,28H2. The number of amides is 1. The van der Waals surface area contributed by atoms with Crippen molar-refractivity contribution in [2.75, 3.05) is 18.4 Å². The third-order valence-electron chi connectivity index (χ3n) is 5.92. The monoisotopic (exact) mass is 496 g/mol. The first-order valence-electron chi connectivity index (χ1n) is 10.7. The molecule has 0 saturated carbocycles. The van der Waals surface area contributed by atoms with Gasteiger partial charge in [0, 0.05) is 48.6 Å². The van der Waals surface area contributed by atoms with Gasteiger partial charge in [0.1, 0.15) is 5.82 Å². The molecule has 3 aromatic rings. The Balaban J connectivity index is 1.36. The average Bonchev–Trinajstić information content (AvgIpc) is 2.83.